The van der Waals surface area contributed by atoms with E-state index in [1.807, 2.05) is 31.2 Å². The second kappa shape index (κ2) is 10.3. The zero-order chi connectivity index (χ0) is 20.7. The van der Waals surface area contributed by atoms with E-state index in [0.29, 0.717) is 10.6 Å². The molecule has 0 spiro atoms. The smallest absolute Gasteiger partial charge is 0.348 e. The average Bonchev–Trinajstić information content (AvgIpc) is 2.97. The first kappa shape index (κ1) is 22.0. The Balaban J connectivity index is 2.18. The van der Waals surface area contributed by atoms with Crippen LogP contribution in [0.3, 0.4) is 0 Å². The van der Waals surface area contributed by atoms with Crippen molar-refractivity contribution in [2.45, 2.75) is 32.6 Å². The van der Waals surface area contributed by atoms with Crippen molar-refractivity contribution in [3.8, 4) is 0 Å². The maximum Gasteiger partial charge on any atom is 0.348 e. The van der Waals surface area contributed by atoms with Crippen molar-refractivity contribution >= 4 is 45.9 Å². The normalized spacial score (nSPS) is 10.4. The Morgan fingerprint density at radius 2 is 1.61 bits per heavy atom. The van der Waals surface area contributed by atoms with Gasteiger partial charge >= 0.3 is 11.9 Å². The van der Waals surface area contributed by atoms with Gasteiger partial charge in [0.25, 0.3) is 0 Å². The lowest BCUT2D eigenvalue weighted by Crippen LogP contribution is -2.16. The molecule has 1 aromatic heterocycles. The number of anilines is 1. The monoisotopic (exact) mass is 421 g/mol. The second-order valence-electron chi connectivity index (χ2n) is 5.85. The highest BCUT2D eigenvalue weighted by Gasteiger charge is 2.27. The minimum Gasteiger partial charge on any atom is -0.462 e. The molecule has 0 unspecified atom stereocenters. The van der Waals surface area contributed by atoms with Crippen molar-refractivity contribution < 1.29 is 23.9 Å². The predicted octanol–water partition coefficient (Wildman–Crippen LogP) is 4.45. The molecule has 1 N–H and O–H groups in total. The summed E-state index contributed by atoms with van der Waals surface area (Å²) in [6.07, 6.45) is 0. The summed E-state index contributed by atoms with van der Waals surface area (Å²) in [6.45, 7) is 7.46. The van der Waals surface area contributed by atoms with E-state index in [4.69, 9.17) is 9.47 Å². The molecular formula is C20H23NO5S2. The Kier molecular flexibility index (Phi) is 8.07. The Bertz CT molecular complexity index is 858. The van der Waals surface area contributed by atoms with Crippen LogP contribution in [0.4, 0.5) is 5.00 Å². The van der Waals surface area contributed by atoms with Crippen LogP contribution in [0, 0.1) is 13.8 Å². The lowest BCUT2D eigenvalue weighted by atomic mass is 10.1. The molecule has 1 amide bonds. The van der Waals surface area contributed by atoms with Crippen LogP contribution in [-0.2, 0) is 14.3 Å². The molecule has 1 heterocycles. The van der Waals surface area contributed by atoms with E-state index in [0.717, 1.165) is 21.8 Å². The Morgan fingerprint density at radius 1 is 1.00 bits per heavy atom. The van der Waals surface area contributed by atoms with Gasteiger partial charge < -0.3 is 14.8 Å². The van der Waals surface area contributed by atoms with Crippen molar-refractivity contribution in [3.05, 3.63) is 45.8 Å². The Hall–Kier alpha value is -2.32. The molecular weight excluding hydrogens is 398 g/mol. The van der Waals surface area contributed by atoms with Crippen molar-refractivity contribution in [3.63, 3.8) is 0 Å². The maximum atomic E-state index is 12.4. The van der Waals surface area contributed by atoms with Crippen LogP contribution in [0.1, 0.15) is 45.0 Å². The van der Waals surface area contributed by atoms with Crippen LogP contribution >= 0.6 is 23.1 Å². The number of carbonyl (C=O) groups excluding carboxylic acids is 3. The summed E-state index contributed by atoms with van der Waals surface area (Å²) >= 11 is 2.41. The minimum absolute atomic E-state index is 0.178. The Morgan fingerprint density at radius 3 is 2.21 bits per heavy atom. The molecule has 2 aromatic rings. The van der Waals surface area contributed by atoms with E-state index >= 15 is 0 Å². The molecule has 8 heteroatoms. The zero-order valence-corrected chi connectivity index (χ0v) is 17.9. The van der Waals surface area contributed by atoms with E-state index in [1.54, 1.807) is 20.8 Å². The molecule has 1 aromatic carbocycles. The first-order valence-electron chi connectivity index (χ1n) is 8.84. The van der Waals surface area contributed by atoms with Gasteiger partial charge in [-0.15, -0.1) is 23.1 Å². The largest absolute Gasteiger partial charge is 0.462 e. The van der Waals surface area contributed by atoms with Gasteiger partial charge in [0.1, 0.15) is 9.88 Å². The minimum atomic E-state index is -0.576. The van der Waals surface area contributed by atoms with Gasteiger partial charge in [0.2, 0.25) is 5.91 Å². The summed E-state index contributed by atoms with van der Waals surface area (Å²) < 4.78 is 10.1. The van der Waals surface area contributed by atoms with E-state index in [2.05, 4.69) is 5.32 Å². The van der Waals surface area contributed by atoms with E-state index in [-0.39, 0.29) is 35.3 Å². The third-order valence-electron chi connectivity index (χ3n) is 3.73. The number of aryl methyl sites for hydroxylation is 1. The van der Waals surface area contributed by atoms with Gasteiger partial charge in [-0.2, -0.15) is 0 Å². The van der Waals surface area contributed by atoms with E-state index < -0.39 is 11.9 Å². The molecule has 0 radical (unpaired) electrons. The molecule has 0 bridgehead atoms. The fourth-order valence-corrected chi connectivity index (χ4v) is 4.19. The van der Waals surface area contributed by atoms with Crippen molar-refractivity contribution in [2.24, 2.45) is 0 Å². The molecule has 0 saturated heterocycles. The number of benzene rings is 1. The maximum absolute atomic E-state index is 12.4. The number of ether oxygens (including phenoxy) is 2. The number of rotatable bonds is 8. The molecule has 0 aliphatic heterocycles. The van der Waals surface area contributed by atoms with Gasteiger partial charge in [-0.25, -0.2) is 9.59 Å². The highest BCUT2D eigenvalue weighted by Crippen LogP contribution is 2.34. The van der Waals surface area contributed by atoms with Crippen LogP contribution in [0.15, 0.2) is 29.2 Å². The highest BCUT2D eigenvalue weighted by molar-refractivity contribution is 8.00. The van der Waals surface area contributed by atoms with E-state index in [1.165, 1.54) is 11.8 Å². The lowest BCUT2D eigenvalue weighted by Gasteiger charge is -2.07. The fourth-order valence-electron chi connectivity index (χ4n) is 2.39. The molecule has 0 saturated carbocycles. The average molecular weight is 422 g/mol. The number of esters is 2. The molecule has 28 heavy (non-hydrogen) atoms. The number of amides is 1. The van der Waals surface area contributed by atoms with Crippen molar-refractivity contribution in [2.75, 3.05) is 24.3 Å². The standard InChI is InChI=1S/C20H23NO5S2/c1-5-25-19(23)16-13(4)17(20(24)26-6-2)28-18(16)21-15(22)11-27-14-9-7-12(3)8-10-14/h7-10H,5-6,11H2,1-4H3,(H,21,22). The number of hydrogen-bond donors (Lipinski definition) is 1. The highest BCUT2D eigenvalue weighted by atomic mass is 32.2. The van der Waals surface area contributed by atoms with Crippen LogP contribution in [-0.4, -0.2) is 36.8 Å². The number of thiophene rings is 1. The number of nitrogens with one attached hydrogen (secondary N) is 1. The summed E-state index contributed by atoms with van der Waals surface area (Å²) in [4.78, 5) is 38.2. The van der Waals surface area contributed by atoms with Gasteiger partial charge in [0, 0.05) is 4.90 Å². The molecule has 2 rings (SSSR count). The van der Waals surface area contributed by atoms with Crippen LogP contribution in [0.2, 0.25) is 0 Å². The topological polar surface area (TPSA) is 81.7 Å². The number of hydrogen-bond acceptors (Lipinski definition) is 7. The summed E-state index contributed by atoms with van der Waals surface area (Å²) in [6, 6.07) is 7.86. The van der Waals surface area contributed by atoms with Gasteiger partial charge in [0.15, 0.2) is 0 Å². The van der Waals surface area contributed by atoms with Gasteiger partial charge in [0.05, 0.1) is 24.5 Å². The molecule has 150 valence electrons. The summed E-state index contributed by atoms with van der Waals surface area (Å²) in [5, 5.41) is 3.04. The number of carbonyl (C=O) groups is 3. The molecule has 0 fully saturated rings. The van der Waals surface area contributed by atoms with Crippen LogP contribution < -0.4 is 5.32 Å². The SMILES string of the molecule is CCOC(=O)c1sc(NC(=O)CSc2ccc(C)cc2)c(C(=O)OCC)c1C. The first-order chi connectivity index (χ1) is 13.4. The summed E-state index contributed by atoms with van der Waals surface area (Å²) in [5.74, 6) is -1.19. The second-order valence-corrected chi connectivity index (χ2v) is 7.92. The quantitative estimate of drug-likeness (QED) is 0.501. The number of thioether (sulfide) groups is 1. The van der Waals surface area contributed by atoms with E-state index in [9.17, 15) is 14.4 Å². The molecule has 0 atom stereocenters. The zero-order valence-electron chi connectivity index (χ0n) is 16.3. The van der Waals surface area contributed by atoms with Crippen LogP contribution in [0.5, 0.6) is 0 Å². The third-order valence-corrected chi connectivity index (χ3v) is 5.93. The molecule has 0 aliphatic rings. The van der Waals surface area contributed by atoms with Crippen molar-refractivity contribution in [1.82, 2.24) is 0 Å². The fraction of sp³-hybridized carbons (Fsp3) is 0.350. The Labute approximate surface area is 172 Å². The van der Waals surface area contributed by atoms with Crippen LogP contribution in [0.25, 0.3) is 0 Å². The van der Waals surface area contributed by atoms with Gasteiger partial charge in [-0.1, -0.05) is 17.7 Å². The van der Waals surface area contributed by atoms with Gasteiger partial charge in [-0.3, -0.25) is 4.79 Å². The first-order valence-corrected chi connectivity index (χ1v) is 10.6. The molecule has 6 nitrogen and oxygen atoms in total. The van der Waals surface area contributed by atoms with Gasteiger partial charge in [-0.05, 0) is 45.4 Å². The third kappa shape index (κ3) is 5.59. The molecule has 0 aliphatic carbocycles. The van der Waals surface area contributed by atoms with Crippen molar-refractivity contribution in [1.29, 1.82) is 0 Å². The summed E-state index contributed by atoms with van der Waals surface area (Å²) in [5.41, 5.74) is 1.79. The predicted molar refractivity (Wildman–Crippen MR) is 112 cm³/mol. The lowest BCUT2D eigenvalue weighted by molar-refractivity contribution is -0.113. The summed E-state index contributed by atoms with van der Waals surface area (Å²) in [7, 11) is 0.